The zero-order valence-corrected chi connectivity index (χ0v) is 12.9. The first kappa shape index (κ1) is 14.3. The van der Waals surface area contributed by atoms with Crippen molar-refractivity contribution in [1.29, 1.82) is 0 Å². The second-order valence-electron chi connectivity index (χ2n) is 5.70. The number of para-hydroxylation sites is 1. The molecule has 0 saturated carbocycles. The maximum atomic E-state index is 12.8. The van der Waals surface area contributed by atoms with E-state index in [1.165, 1.54) is 6.33 Å². The number of nitrogens with zero attached hydrogens (tertiary/aromatic N) is 3. The van der Waals surface area contributed by atoms with E-state index in [9.17, 15) is 4.79 Å². The van der Waals surface area contributed by atoms with Gasteiger partial charge in [0.25, 0.3) is 5.91 Å². The Hall–Kier alpha value is -2.63. The minimum atomic E-state index is -0.137. The van der Waals surface area contributed by atoms with Crippen molar-refractivity contribution in [2.24, 2.45) is 5.92 Å². The van der Waals surface area contributed by atoms with Crippen LogP contribution in [-0.4, -0.2) is 20.7 Å². The van der Waals surface area contributed by atoms with Crippen molar-refractivity contribution in [2.45, 2.75) is 26.8 Å². The number of aromatic nitrogens is 3. The molecule has 0 aliphatic carbocycles. The van der Waals surface area contributed by atoms with E-state index >= 15 is 0 Å². The van der Waals surface area contributed by atoms with Gasteiger partial charge in [0, 0.05) is 11.4 Å². The summed E-state index contributed by atoms with van der Waals surface area (Å²) < 4.78 is 1.78. The first-order valence-electron chi connectivity index (χ1n) is 7.31. The van der Waals surface area contributed by atoms with Crippen molar-refractivity contribution in [3.8, 4) is 0 Å². The number of benzene rings is 1. The van der Waals surface area contributed by atoms with Crippen LogP contribution in [0.2, 0.25) is 0 Å². The van der Waals surface area contributed by atoms with Gasteiger partial charge in [-0.3, -0.25) is 4.79 Å². The Labute approximate surface area is 129 Å². The van der Waals surface area contributed by atoms with Crippen molar-refractivity contribution in [2.75, 3.05) is 10.6 Å². The first-order chi connectivity index (χ1) is 10.6. The van der Waals surface area contributed by atoms with Gasteiger partial charge in [0.15, 0.2) is 0 Å². The van der Waals surface area contributed by atoms with Gasteiger partial charge >= 0.3 is 0 Å². The first-order valence-corrected chi connectivity index (χ1v) is 7.31. The average Bonchev–Trinajstić information content (AvgIpc) is 2.94. The van der Waals surface area contributed by atoms with Crippen LogP contribution >= 0.6 is 0 Å². The van der Waals surface area contributed by atoms with Gasteiger partial charge < -0.3 is 10.6 Å². The van der Waals surface area contributed by atoms with Gasteiger partial charge in [0.05, 0.1) is 11.6 Å². The Balaban J connectivity index is 1.95. The maximum Gasteiger partial charge on any atom is 0.255 e. The van der Waals surface area contributed by atoms with Crippen molar-refractivity contribution in [3.63, 3.8) is 0 Å². The zero-order chi connectivity index (χ0) is 15.7. The lowest BCUT2D eigenvalue weighted by Crippen LogP contribution is -2.33. The second kappa shape index (κ2) is 5.63. The summed E-state index contributed by atoms with van der Waals surface area (Å²) in [5, 5.41) is 10.4. The van der Waals surface area contributed by atoms with Gasteiger partial charge in [-0.1, -0.05) is 32.0 Å². The molecule has 6 heteroatoms. The fraction of sp³-hybridized carbons (Fsp3) is 0.312. The molecule has 0 radical (unpaired) electrons. The van der Waals surface area contributed by atoms with Crippen LogP contribution in [0, 0.1) is 5.92 Å². The topological polar surface area (TPSA) is 71.8 Å². The Morgan fingerprint density at radius 2 is 2.05 bits per heavy atom. The fourth-order valence-corrected chi connectivity index (χ4v) is 2.76. The zero-order valence-electron chi connectivity index (χ0n) is 12.9. The molecule has 0 unspecified atom stereocenters. The summed E-state index contributed by atoms with van der Waals surface area (Å²) >= 11 is 0. The standard InChI is InChI=1S/C16H19N5O/c1-10(2)14-13(11(3)19-16-17-9-18-21(14)16)15(22)20-12-7-5-4-6-8-12/h4-10,14H,1-3H3,(H,20,22)(H,17,18,19)/t14-/m0/s1. The molecule has 1 aliphatic heterocycles. The minimum absolute atomic E-state index is 0.115. The Bertz CT molecular complexity index is 717. The number of fused-ring (bicyclic) bond motifs is 1. The highest BCUT2D eigenvalue weighted by Gasteiger charge is 2.33. The van der Waals surface area contributed by atoms with E-state index in [0.717, 1.165) is 11.4 Å². The van der Waals surface area contributed by atoms with Crippen LogP contribution in [0.3, 0.4) is 0 Å². The molecule has 1 atom stereocenters. The van der Waals surface area contributed by atoms with Crippen molar-refractivity contribution < 1.29 is 4.79 Å². The summed E-state index contributed by atoms with van der Waals surface area (Å²) in [6.07, 6.45) is 1.50. The Morgan fingerprint density at radius 1 is 1.32 bits per heavy atom. The molecule has 6 nitrogen and oxygen atoms in total. The summed E-state index contributed by atoms with van der Waals surface area (Å²) in [4.78, 5) is 16.9. The third-order valence-electron chi connectivity index (χ3n) is 3.74. The summed E-state index contributed by atoms with van der Waals surface area (Å²) in [5.41, 5.74) is 2.28. The second-order valence-corrected chi connectivity index (χ2v) is 5.70. The van der Waals surface area contributed by atoms with E-state index in [4.69, 9.17) is 0 Å². The molecule has 2 aromatic rings. The number of anilines is 2. The van der Waals surface area contributed by atoms with Crippen LogP contribution in [0.4, 0.5) is 11.6 Å². The van der Waals surface area contributed by atoms with Crippen molar-refractivity contribution in [3.05, 3.63) is 47.9 Å². The summed E-state index contributed by atoms with van der Waals surface area (Å²) in [6, 6.07) is 9.31. The lowest BCUT2D eigenvalue weighted by molar-refractivity contribution is -0.113. The smallest absolute Gasteiger partial charge is 0.255 e. The quantitative estimate of drug-likeness (QED) is 0.914. The maximum absolute atomic E-state index is 12.8. The van der Waals surface area contributed by atoms with E-state index in [-0.39, 0.29) is 17.9 Å². The fourth-order valence-electron chi connectivity index (χ4n) is 2.76. The SMILES string of the molecule is CC1=C(C(=O)Nc2ccccc2)[C@H](C(C)C)n2ncnc2N1. The van der Waals surface area contributed by atoms with Crippen molar-refractivity contribution in [1.82, 2.24) is 14.8 Å². The van der Waals surface area contributed by atoms with E-state index in [1.807, 2.05) is 37.3 Å². The van der Waals surface area contributed by atoms with Crippen LogP contribution in [0.15, 0.2) is 47.9 Å². The number of carbonyl (C=O) groups is 1. The predicted molar refractivity (Wildman–Crippen MR) is 85.3 cm³/mol. The number of amides is 1. The Kier molecular flexibility index (Phi) is 3.66. The van der Waals surface area contributed by atoms with Gasteiger partial charge in [-0.15, -0.1) is 0 Å². The largest absolute Gasteiger partial charge is 0.328 e. The third-order valence-corrected chi connectivity index (χ3v) is 3.74. The molecule has 1 aromatic carbocycles. The molecule has 0 saturated heterocycles. The van der Waals surface area contributed by atoms with Crippen LogP contribution < -0.4 is 10.6 Å². The molecule has 1 aliphatic rings. The molecule has 2 N–H and O–H groups in total. The number of allylic oxidation sites excluding steroid dienone is 1. The third kappa shape index (κ3) is 2.47. The minimum Gasteiger partial charge on any atom is -0.328 e. The highest BCUT2D eigenvalue weighted by molar-refractivity contribution is 6.05. The molecular weight excluding hydrogens is 278 g/mol. The predicted octanol–water partition coefficient (Wildman–Crippen LogP) is 2.81. The van der Waals surface area contributed by atoms with E-state index < -0.39 is 0 Å². The summed E-state index contributed by atoms with van der Waals surface area (Å²) in [6.45, 7) is 6.04. The highest BCUT2D eigenvalue weighted by Crippen LogP contribution is 2.34. The van der Waals surface area contributed by atoms with Gasteiger partial charge in [0.2, 0.25) is 5.95 Å². The number of carbonyl (C=O) groups excluding carboxylic acids is 1. The van der Waals surface area contributed by atoms with E-state index in [2.05, 4.69) is 34.6 Å². The van der Waals surface area contributed by atoms with E-state index in [1.54, 1.807) is 4.68 Å². The average molecular weight is 297 g/mol. The molecule has 3 rings (SSSR count). The molecule has 0 fully saturated rings. The number of nitrogens with one attached hydrogen (secondary N) is 2. The van der Waals surface area contributed by atoms with Crippen molar-refractivity contribution >= 4 is 17.5 Å². The molecule has 2 heterocycles. The van der Waals surface area contributed by atoms with Gasteiger partial charge in [-0.05, 0) is 25.0 Å². The molecular formula is C16H19N5O. The monoisotopic (exact) mass is 297 g/mol. The molecule has 1 amide bonds. The highest BCUT2D eigenvalue weighted by atomic mass is 16.1. The van der Waals surface area contributed by atoms with Gasteiger partial charge in [-0.25, -0.2) is 4.68 Å². The Morgan fingerprint density at radius 3 is 2.73 bits per heavy atom. The van der Waals surface area contributed by atoms with Crippen LogP contribution in [-0.2, 0) is 4.79 Å². The number of hydrogen-bond donors (Lipinski definition) is 2. The lowest BCUT2D eigenvalue weighted by Gasteiger charge is -2.30. The molecule has 0 bridgehead atoms. The summed E-state index contributed by atoms with van der Waals surface area (Å²) in [5.74, 6) is 0.775. The van der Waals surface area contributed by atoms with Crippen LogP contribution in [0.1, 0.15) is 26.8 Å². The summed E-state index contributed by atoms with van der Waals surface area (Å²) in [7, 11) is 0. The number of rotatable bonds is 3. The van der Waals surface area contributed by atoms with Gasteiger partial charge in [0.1, 0.15) is 6.33 Å². The van der Waals surface area contributed by atoms with Crippen LogP contribution in [0.25, 0.3) is 0 Å². The molecule has 22 heavy (non-hydrogen) atoms. The van der Waals surface area contributed by atoms with Gasteiger partial charge in [-0.2, -0.15) is 10.1 Å². The normalized spacial score (nSPS) is 17.2. The molecule has 114 valence electrons. The molecule has 1 aromatic heterocycles. The number of hydrogen-bond acceptors (Lipinski definition) is 4. The van der Waals surface area contributed by atoms with Crippen LogP contribution in [0.5, 0.6) is 0 Å². The molecule has 0 spiro atoms. The van der Waals surface area contributed by atoms with E-state index in [0.29, 0.717) is 11.5 Å². The lowest BCUT2D eigenvalue weighted by atomic mass is 9.92.